The number of esters is 11. The molecule has 2 heterocycles. The Kier molecular flexibility index (Phi) is 21.5. The molecule has 75 heavy (non-hydrogen) atoms. The number of benzene rings is 2. The second-order valence-corrected chi connectivity index (χ2v) is 16.3. The van der Waals surface area contributed by atoms with Crippen molar-refractivity contribution in [3.8, 4) is 23.0 Å². The molecule has 0 unspecified atom stereocenters. The Balaban J connectivity index is 2.13. The van der Waals surface area contributed by atoms with E-state index >= 15 is 0 Å². The monoisotopic (exact) mass is 1060 g/mol. The van der Waals surface area contributed by atoms with Gasteiger partial charge in [-0.25, -0.2) is 4.79 Å². The van der Waals surface area contributed by atoms with Crippen molar-refractivity contribution in [2.75, 3.05) is 19.8 Å². The van der Waals surface area contributed by atoms with Crippen molar-refractivity contribution >= 4 is 71.7 Å². The smallest absolute Gasteiger partial charge is 0.331 e. The molecule has 2 aliphatic heterocycles. The fraction of sp³-hybridized carbons (Fsp3) is 0.490. The quantitative estimate of drug-likeness (QED) is 0.0796. The molecular formula is C49H56O26. The number of hydrogen-bond acceptors (Lipinski definition) is 26. The van der Waals surface area contributed by atoms with Gasteiger partial charge in [0, 0.05) is 87.5 Å². The van der Waals surface area contributed by atoms with E-state index in [-0.39, 0.29) is 35.0 Å². The van der Waals surface area contributed by atoms with Gasteiger partial charge in [-0.15, -0.1) is 0 Å². The van der Waals surface area contributed by atoms with Gasteiger partial charge in [0.05, 0.1) is 0 Å². The van der Waals surface area contributed by atoms with Crippen molar-refractivity contribution in [1.82, 2.24) is 0 Å². The fourth-order valence-electron chi connectivity index (χ4n) is 7.69. The number of carbonyl (C=O) groups excluding carboxylic acids is 11. The Morgan fingerprint density at radius 2 is 0.987 bits per heavy atom. The molecule has 4 rings (SSSR count). The topological polar surface area (TPSA) is 326 Å². The van der Waals surface area contributed by atoms with E-state index in [0.717, 1.165) is 87.4 Å². The molecule has 2 aromatic carbocycles. The molecule has 0 spiro atoms. The van der Waals surface area contributed by atoms with Gasteiger partial charge in [0.25, 0.3) is 0 Å². The van der Waals surface area contributed by atoms with Gasteiger partial charge in [0.15, 0.2) is 53.7 Å². The van der Waals surface area contributed by atoms with Gasteiger partial charge in [-0.2, -0.15) is 0 Å². The predicted octanol–water partition coefficient (Wildman–Crippen LogP) is 2.56. The zero-order valence-electron chi connectivity index (χ0n) is 42.6. The maximum absolute atomic E-state index is 14.3. The molecule has 2 saturated heterocycles. The van der Waals surface area contributed by atoms with Crippen molar-refractivity contribution in [1.29, 1.82) is 0 Å². The number of ether oxygens (including phenoxy) is 15. The molecular weight excluding hydrogens is 1000 g/mol. The van der Waals surface area contributed by atoms with Crippen LogP contribution in [-0.2, 0) is 110 Å². The van der Waals surface area contributed by atoms with Crippen molar-refractivity contribution in [3.63, 3.8) is 0 Å². The summed E-state index contributed by atoms with van der Waals surface area (Å²) >= 11 is 0. The van der Waals surface area contributed by atoms with Gasteiger partial charge >= 0.3 is 65.7 Å². The van der Waals surface area contributed by atoms with Gasteiger partial charge in [-0.3, -0.25) is 47.9 Å². The Hall–Kier alpha value is -7.81. The summed E-state index contributed by atoms with van der Waals surface area (Å²) in [5.41, 5.74) is -2.82. The first-order valence-corrected chi connectivity index (χ1v) is 22.7. The highest BCUT2D eigenvalue weighted by atomic mass is 16.8. The van der Waals surface area contributed by atoms with Crippen molar-refractivity contribution < 1.29 is 124 Å². The molecule has 2 aromatic rings. The second kappa shape index (κ2) is 26.9. The van der Waals surface area contributed by atoms with E-state index in [1.165, 1.54) is 37.3 Å². The van der Waals surface area contributed by atoms with Crippen LogP contribution in [0.1, 0.15) is 87.3 Å². The number of hydrogen-bond donors (Lipinski definition) is 0. The lowest BCUT2D eigenvalue weighted by Crippen LogP contribution is -2.71. The Morgan fingerprint density at radius 1 is 0.507 bits per heavy atom. The van der Waals surface area contributed by atoms with Crippen molar-refractivity contribution in [3.05, 3.63) is 53.6 Å². The average molecular weight is 1060 g/mol. The number of rotatable bonds is 20. The minimum atomic E-state index is -2.70. The summed E-state index contributed by atoms with van der Waals surface area (Å²) in [6.07, 6.45) is -15.2. The third-order valence-electron chi connectivity index (χ3n) is 10.1. The molecule has 26 nitrogen and oxygen atoms in total. The maximum Gasteiger partial charge on any atom is 0.331 e. The van der Waals surface area contributed by atoms with Crippen molar-refractivity contribution in [2.24, 2.45) is 0 Å². The van der Waals surface area contributed by atoms with Crippen LogP contribution < -0.4 is 18.9 Å². The van der Waals surface area contributed by atoms with Gasteiger partial charge in [-0.05, 0) is 42.8 Å². The summed E-state index contributed by atoms with van der Waals surface area (Å²) < 4.78 is 86.4. The van der Waals surface area contributed by atoms with E-state index in [2.05, 4.69) is 0 Å². The molecule has 0 N–H and O–H groups in total. The zero-order valence-corrected chi connectivity index (χ0v) is 42.6. The molecule has 2 aliphatic rings. The zero-order chi connectivity index (χ0) is 55.9. The van der Waals surface area contributed by atoms with E-state index in [4.69, 9.17) is 71.1 Å². The largest absolute Gasteiger partial charge is 0.463 e. The summed E-state index contributed by atoms with van der Waals surface area (Å²) in [7, 11) is 0. The first-order valence-electron chi connectivity index (χ1n) is 22.7. The van der Waals surface area contributed by atoms with Crippen molar-refractivity contribution in [2.45, 2.75) is 137 Å². The molecule has 2 fully saturated rings. The van der Waals surface area contributed by atoms with Crippen LogP contribution in [0.4, 0.5) is 0 Å². The fourth-order valence-corrected chi connectivity index (χ4v) is 7.69. The van der Waals surface area contributed by atoms with Crippen LogP contribution >= 0.6 is 0 Å². The van der Waals surface area contributed by atoms with Gasteiger partial charge < -0.3 is 71.1 Å². The minimum absolute atomic E-state index is 0.143. The molecule has 10 atom stereocenters. The van der Waals surface area contributed by atoms with E-state index in [0.29, 0.717) is 0 Å². The third kappa shape index (κ3) is 16.9. The summed E-state index contributed by atoms with van der Waals surface area (Å²) in [6.45, 7) is 9.91. The first-order chi connectivity index (χ1) is 35.2. The first kappa shape index (κ1) is 59.8. The van der Waals surface area contributed by atoms with Crippen LogP contribution in [0.25, 0.3) is 6.08 Å². The third-order valence-corrected chi connectivity index (χ3v) is 10.1. The highest BCUT2D eigenvalue weighted by Crippen LogP contribution is 2.48. The lowest BCUT2D eigenvalue weighted by atomic mass is 9.79. The molecule has 0 saturated carbocycles. The lowest BCUT2D eigenvalue weighted by Gasteiger charge is -2.53. The maximum atomic E-state index is 14.3. The highest BCUT2D eigenvalue weighted by molar-refractivity contribution is 5.87. The minimum Gasteiger partial charge on any atom is -0.463 e. The molecule has 26 heteroatoms. The Morgan fingerprint density at radius 3 is 1.48 bits per heavy atom. The second-order valence-electron chi connectivity index (χ2n) is 16.3. The average Bonchev–Trinajstić information content (AvgIpc) is 3.28. The van der Waals surface area contributed by atoms with Gasteiger partial charge in [-0.1, -0.05) is 12.1 Å². The summed E-state index contributed by atoms with van der Waals surface area (Å²) in [5, 5.41) is 0. The van der Waals surface area contributed by atoms with Crippen LogP contribution in [0.15, 0.2) is 42.5 Å². The standard InChI is InChI=1S/C49H56O26/c1-12-61-48-49(75-32(11)59,34-15-17-36(65-26(5)53)38(20-34)67-28(7)55)46(74-47-45(70-31(10)58)44(69-30(9)57)42(68-29(8)56)39(71-47)21-62-23(2)50)43(40(72-48)22-63-24(3)51)73-41(60)18-14-33-13-16-35(64-25(4)52)37(19-33)66-27(6)54/h13-20,39-40,42-48H,12,21-22H2,1-11H3/b18-14+/t39-,40-,42-,43-,44+,45-,46+,47+,48-,49-/m1/s1. The summed E-state index contributed by atoms with van der Waals surface area (Å²) in [4.78, 5) is 140. The van der Waals surface area contributed by atoms with Crippen LogP contribution in [0.5, 0.6) is 23.0 Å². The Labute approximate surface area is 428 Å². The lowest BCUT2D eigenvalue weighted by molar-refractivity contribution is -0.389. The van der Waals surface area contributed by atoms with Gasteiger partial charge in [0.2, 0.25) is 11.9 Å². The van der Waals surface area contributed by atoms with Crippen LogP contribution in [0.2, 0.25) is 0 Å². The molecule has 0 amide bonds. The number of carbonyl (C=O) groups is 11. The molecule has 0 aliphatic carbocycles. The van der Waals surface area contributed by atoms with Gasteiger partial charge in [0.1, 0.15) is 31.5 Å². The molecule has 0 aromatic heterocycles. The summed E-state index contributed by atoms with van der Waals surface area (Å²) in [6, 6.07) is 7.26. The normalized spacial score (nSPS) is 24.0. The van der Waals surface area contributed by atoms with Crippen LogP contribution in [-0.4, -0.2) is 141 Å². The summed E-state index contributed by atoms with van der Waals surface area (Å²) in [5.74, 6) is -11.6. The SMILES string of the molecule is CCO[C@@H]1O[C@H](COC(C)=O)[C@@H](OC(=O)/C=C/c2ccc(OC(C)=O)c(OC(C)=O)c2)[C@H](O[C@@H]2O[C@H](COC(C)=O)[C@@H](OC(C)=O)[C@H](OC(C)=O)[C@H]2OC(C)=O)[C@]1(OC(C)=O)c1ccc(OC(C)=O)c(OC(C)=O)c1. The van der Waals surface area contributed by atoms with E-state index in [1.807, 2.05) is 0 Å². The van der Waals surface area contributed by atoms with E-state index in [9.17, 15) is 52.7 Å². The highest BCUT2D eigenvalue weighted by Gasteiger charge is 2.65. The van der Waals surface area contributed by atoms with E-state index < -0.39 is 146 Å². The van der Waals surface area contributed by atoms with Crippen LogP contribution in [0.3, 0.4) is 0 Å². The van der Waals surface area contributed by atoms with Crippen LogP contribution in [0, 0.1) is 0 Å². The molecule has 0 radical (unpaired) electrons. The molecule has 408 valence electrons. The Bertz CT molecular complexity index is 2530. The van der Waals surface area contributed by atoms with E-state index in [1.54, 1.807) is 0 Å². The predicted molar refractivity (Wildman–Crippen MR) is 244 cm³/mol. The molecule has 0 bridgehead atoms.